The van der Waals surface area contributed by atoms with Crippen LogP contribution in [0, 0.1) is 0 Å². The van der Waals surface area contributed by atoms with Gasteiger partial charge in [-0.05, 0) is 49.1 Å². The summed E-state index contributed by atoms with van der Waals surface area (Å²) in [7, 11) is 6.72. The number of allylic oxidation sites excluding steroid dienone is 1. The number of ether oxygens (including phenoxy) is 4. The highest BCUT2D eigenvalue weighted by molar-refractivity contribution is 5.83. The zero-order valence-corrected chi connectivity index (χ0v) is 24.3. The average Bonchev–Trinajstić information content (AvgIpc) is 3.05. The van der Waals surface area contributed by atoms with E-state index in [0.29, 0.717) is 13.1 Å². The summed E-state index contributed by atoms with van der Waals surface area (Å²) in [5, 5.41) is 0. The molecule has 8 nitrogen and oxygen atoms in total. The van der Waals surface area contributed by atoms with Crippen LogP contribution in [0.5, 0.6) is 23.0 Å². The van der Waals surface area contributed by atoms with Crippen molar-refractivity contribution in [2.24, 2.45) is 0 Å². The Morgan fingerprint density at radius 3 is 2.03 bits per heavy atom. The number of carbonyl (C=O) groups excluding carboxylic acids is 1. The average molecular weight is 536 g/mol. The highest BCUT2D eigenvalue weighted by Gasteiger charge is 2.55. The highest BCUT2D eigenvalue weighted by Crippen LogP contribution is 2.50. The molecule has 0 aromatic heterocycles. The molecule has 5 rings (SSSR count). The van der Waals surface area contributed by atoms with Gasteiger partial charge in [-0.25, -0.2) is 4.79 Å². The third-order valence-corrected chi connectivity index (χ3v) is 8.65. The quantitative estimate of drug-likeness (QED) is 0.486. The second-order valence-corrected chi connectivity index (χ2v) is 11.3. The number of amides is 2. The second-order valence-electron chi connectivity index (χ2n) is 11.3. The van der Waals surface area contributed by atoms with Crippen molar-refractivity contribution in [1.82, 2.24) is 14.7 Å². The van der Waals surface area contributed by atoms with E-state index in [0.717, 1.165) is 77.9 Å². The molecule has 0 radical (unpaired) electrons. The van der Waals surface area contributed by atoms with Crippen LogP contribution >= 0.6 is 0 Å². The number of likely N-dealkylation sites (N-methyl/N-ethyl adjacent to an activating group) is 1. The molecule has 0 atom stereocenters. The third kappa shape index (κ3) is 4.58. The van der Waals surface area contributed by atoms with Crippen LogP contribution in [0.1, 0.15) is 50.3 Å². The van der Waals surface area contributed by atoms with Gasteiger partial charge in [-0.2, -0.15) is 0 Å². The number of hydrogen-bond acceptors (Lipinski definition) is 6. The zero-order chi connectivity index (χ0) is 27.9. The van der Waals surface area contributed by atoms with Crippen LogP contribution in [0.2, 0.25) is 0 Å². The van der Waals surface area contributed by atoms with Crippen LogP contribution in [0.3, 0.4) is 0 Å². The van der Waals surface area contributed by atoms with Crippen LogP contribution < -0.4 is 18.9 Å². The van der Waals surface area contributed by atoms with E-state index < -0.39 is 0 Å². The number of hydrogen-bond donors (Lipinski definition) is 0. The smallest absolute Gasteiger partial charge is 0.325 e. The lowest BCUT2D eigenvalue weighted by molar-refractivity contribution is 0.0885. The van der Waals surface area contributed by atoms with Gasteiger partial charge in [0.25, 0.3) is 0 Å². The molecule has 8 heteroatoms. The number of urea groups is 1. The van der Waals surface area contributed by atoms with Crippen molar-refractivity contribution in [3.05, 3.63) is 58.8 Å². The Hall–Kier alpha value is -3.39. The number of likely N-dealkylation sites (tertiary alicyclic amines) is 1. The van der Waals surface area contributed by atoms with Gasteiger partial charge in [-0.15, -0.1) is 0 Å². The van der Waals surface area contributed by atoms with Crippen LogP contribution in [-0.4, -0.2) is 74.3 Å². The lowest BCUT2D eigenvalue weighted by atomic mass is 9.77. The molecule has 2 amide bonds. The SMILES string of the molecule is CCN1C(=O)N2Cc3cc(OC)cc(OC)c3C(C)(C)C=C2C12CCN(Cc1cc(OC)cc(OC)c1)CC2. The van der Waals surface area contributed by atoms with E-state index in [-0.39, 0.29) is 17.0 Å². The summed E-state index contributed by atoms with van der Waals surface area (Å²) in [5.41, 5.74) is 3.80. The number of piperidine rings is 1. The molecule has 3 aliphatic heterocycles. The van der Waals surface area contributed by atoms with E-state index in [1.54, 1.807) is 28.4 Å². The fraction of sp³-hybridized carbons (Fsp3) is 0.516. The predicted octanol–water partition coefficient (Wildman–Crippen LogP) is 5.19. The minimum atomic E-state index is -0.331. The van der Waals surface area contributed by atoms with Crippen LogP contribution in [0.25, 0.3) is 0 Å². The molecule has 2 aromatic rings. The summed E-state index contributed by atoms with van der Waals surface area (Å²) in [6.45, 7) is 10.3. The molecule has 2 aromatic carbocycles. The van der Waals surface area contributed by atoms with Crippen molar-refractivity contribution < 1.29 is 23.7 Å². The molecule has 3 aliphatic rings. The van der Waals surface area contributed by atoms with Gasteiger partial charge >= 0.3 is 6.03 Å². The van der Waals surface area contributed by atoms with Gasteiger partial charge in [-0.3, -0.25) is 9.80 Å². The topological polar surface area (TPSA) is 63.7 Å². The Morgan fingerprint density at radius 2 is 1.46 bits per heavy atom. The number of benzene rings is 2. The standard InChI is InChI=1S/C31H41N3O5/c1-8-34-29(35)33-20-22-15-25(38-6)17-26(39-7)28(22)30(2,3)18-27(33)31(34)9-11-32(12-10-31)19-21-13-23(36-4)16-24(14-21)37-5/h13-18H,8-12,19-20H2,1-7H3. The Labute approximate surface area is 232 Å². The molecule has 0 N–H and O–H groups in total. The molecular weight excluding hydrogens is 494 g/mol. The molecule has 0 unspecified atom stereocenters. The maximum atomic E-state index is 13.9. The van der Waals surface area contributed by atoms with Crippen LogP contribution in [0.15, 0.2) is 42.1 Å². The molecule has 0 aliphatic carbocycles. The van der Waals surface area contributed by atoms with Gasteiger partial charge in [0.1, 0.15) is 23.0 Å². The van der Waals surface area contributed by atoms with Crippen LogP contribution in [-0.2, 0) is 18.5 Å². The fourth-order valence-corrected chi connectivity index (χ4v) is 6.81. The second kappa shape index (κ2) is 10.3. The van der Waals surface area contributed by atoms with E-state index in [4.69, 9.17) is 18.9 Å². The number of rotatable bonds is 7. The fourth-order valence-electron chi connectivity index (χ4n) is 6.81. The number of methoxy groups -OCH3 is 4. The van der Waals surface area contributed by atoms with Crippen molar-refractivity contribution >= 4 is 6.03 Å². The van der Waals surface area contributed by atoms with Crippen molar-refractivity contribution in [3.63, 3.8) is 0 Å². The number of fused-ring (bicyclic) bond motifs is 3. The number of carbonyl (C=O) groups is 1. The molecule has 39 heavy (non-hydrogen) atoms. The predicted molar refractivity (Wildman–Crippen MR) is 151 cm³/mol. The summed E-state index contributed by atoms with van der Waals surface area (Å²) in [6.07, 6.45) is 4.08. The monoisotopic (exact) mass is 535 g/mol. The van der Waals surface area contributed by atoms with Gasteiger partial charge in [-0.1, -0.05) is 19.9 Å². The summed E-state index contributed by atoms with van der Waals surface area (Å²) >= 11 is 0. The largest absolute Gasteiger partial charge is 0.497 e. The lowest BCUT2D eigenvalue weighted by Crippen LogP contribution is -2.53. The Balaban J connectivity index is 1.47. The van der Waals surface area contributed by atoms with Gasteiger partial charge in [0, 0.05) is 55.0 Å². The molecule has 1 spiro atoms. The molecule has 0 saturated carbocycles. The van der Waals surface area contributed by atoms with E-state index in [1.807, 2.05) is 17.0 Å². The van der Waals surface area contributed by atoms with Gasteiger partial charge in [0.2, 0.25) is 0 Å². The minimum Gasteiger partial charge on any atom is -0.497 e. The first-order valence-electron chi connectivity index (χ1n) is 13.7. The van der Waals surface area contributed by atoms with Crippen LogP contribution in [0.4, 0.5) is 4.79 Å². The number of nitrogens with zero attached hydrogens (tertiary/aromatic N) is 3. The van der Waals surface area contributed by atoms with Gasteiger partial charge in [0.15, 0.2) is 0 Å². The first-order chi connectivity index (χ1) is 18.7. The molecule has 3 heterocycles. The first kappa shape index (κ1) is 27.2. The Morgan fingerprint density at radius 1 is 0.846 bits per heavy atom. The molecule has 2 saturated heterocycles. The maximum absolute atomic E-state index is 13.9. The Kier molecular flexibility index (Phi) is 7.18. The lowest BCUT2D eigenvalue weighted by Gasteiger charge is -2.44. The molecule has 2 fully saturated rings. The molecule has 210 valence electrons. The zero-order valence-electron chi connectivity index (χ0n) is 24.3. The maximum Gasteiger partial charge on any atom is 0.325 e. The summed E-state index contributed by atoms with van der Waals surface area (Å²) in [4.78, 5) is 20.5. The summed E-state index contributed by atoms with van der Waals surface area (Å²) < 4.78 is 22.4. The van der Waals surface area contributed by atoms with Crippen molar-refractivity contribution in [2.45, 2.75) is 57.7 Å². The Bertz CT molecular complexity index is 1260. The van der Waals surface area contributed by atoms with Crippen molar-refractivity contribution in [2.75, 3.05) is 48.1 Å². The summed E-state index contributed by atoms with van der Waals surface area (Å²) in [6, 6.07) is 10.1. The van der Waals surface area contributed by atoms with E-state index in [1.165, 1.54) is 0 Å². The molecular formula is C31H41N3O5. The van der Waals surface area contributed by atoms with Gasteiger partial charge < -0.3 is 23.8 Å². The highest BCUT2D eigenvalue weighted by atomic mass is 16.5. The summed E-state index contributed by atoms with van der Waals surface area (Å²) in [5.74, 6) is 3.12. The van der Waals surface area contributed by atoms with E-state index in [2.05, 4.69) is 54.8 Å². The van der Waals surface area contributed by atoms with Crippen molar-refractivity contribution in [3.8, 4) is 23.0 Å². The van der Waals surface area contributed by atoms with Crippen molar-refractivity contribution in [1.29, 1.82) is 0 Å². The normalized spacial score (nSPS) is 19.8. The molecule has 0 bridgehead atoms. The van der Waals surface area contributed by atoms with E-state index in [9.17, 15) is 4.79 Å². The first-order valence-corrected chi connectivity index (χ1v) is 13.7. The van der Waals surface area contributed by atoms with E-state index >= 15 is 0 Å². The third-order valence-electron chi connectivity index (χ3n) is 8.65. The minimum absolute atomic E-state index is 0.0835. The van der Waals surface area contributed by atoms with Gasteiger partial charge in [0.05, 0.1) is 40.5 Å².